The molecule has 1 heterocycles. The summed E-state index contributed by atoms with van der Waals surface area (Å²) in [7, 11) is 0. The van der Waals surface area contributed by atoms with Crippen LogP contribution in [0, 0.1) is 19.8 Å². The topological polar surface area (TPSA) is 29.3 Å². The van der Waals surface area contributed by atoms with Gasteiger partial charge in [0.25, 0.3) is 0 Å². The molecular weight excluding hydrogens is 232 g/mol. The van der Waals surface area contributed by atoms with Crippen LogP contribution in [0.25, 0.3) is 0 Å². The van der Waals surface area contributed by atoms with E-state index in [1.165, 1.54) is 36.1 Å². The smallest absolute Gasteiger partial charge is 0.0322 e. The number of piperidine rings is 1. The van der Waals surface area contributed by atoms with Crippen LogP contribution < -0.4 is 5.73 Å². The Bertz CT molecular complexity index is 425. The number of hydrogen-bond donors (Lipinski definition) is 1. The molecule has 0 radical (unpaired) electrons. The Morgan fingerprint density at radius 1 is 1.26 bits per heavy atom. The van der Waals surface area contributed by atoms with Gasteiger partial charge < -0.3 is 5.73 Å². The Hall–Kier alpha value is -0.860. The Labute approximate surface area is 118 Å². The lowest BCUT2D eigenvalue weighted by molar-refractivity contribution is 0.121. The molecule has 3 atom stereocenters. The number of hydrogen-bond acceptors (Lipinski definition) is 2. The van der Waals surface area contributed by atoms with Gasteiger partial charge in [0.2, 0.25) is 0 Å². The van der Waals surface area contributed by atoms with Crippen molar-refractivity contribution in [3.63, 3.8) is 0 Å². The lowest BCUT2D eigenvalue weighted by atomic mass is 9.90. The fraction of sp³-hybridized carbons (Fsp3) is 0.647. The first-order chi connectivity index (χ1) is 8.99. The van der Waals surface area contributed by atoms with Crippen LogP contribution in [0.4, 0.5) is 0 Å². The molecule has 0 spiro atoms. The first-order valence-electron chi connectivity index (χ1n) is 7.56. The number of benzene rings is 1. The fourth-order valence-corrected chi connectivity index (χ4v) is 3.31. The van der Waals surface area contributed by atoms with Gasteiger partial charge in [-0.15, -0.1) is 0 Å². The van der Waals surface area contributed by atoms with Gasteiger partial charge in [-0.2, -0.15) is 0 Å². The lowest BCUT2D eigenvalue weighted by Gasteiger charge is -2.39. The number of nitrogens with two attached hydrogens (primary N) is 1. The molecule has 2 N–H and O–H groups in total. The third-order valence-electron chi connectivity index (χ3n) is 4.66. The second-order valence-corrected chi connectivity index (χ2v) is 6.29. The minimum Gasteiger partial charge on any atom is -0.328 e. The molecule has 1 fully saturated rings. The van der Waals surface area contributed by atoms with Crippen molar-refractivity contribution in [1.82, 2.24) is 4.90 Å². The van der Waals surface area contributed by atoms with Crippen molar-refractivity contribution in [2.45, 2.75) is 52.6 Å². The Morgan fingerprint density at radius 3 is 2.63 bits per heavy atom. The van der Waals surface area contributed by atoms with E-state index in [1.54, 1.807) is 0 Å². The van der Waals surface area contributed by atoms with Crippen molar-refractivity contribution in [2.75, 3.05) is 13.1 Å². The average molecular weight is 260 g/mol. The minimum atomic E-state index is 0.314. The predicted octanol–water partition coefficient (Wildman–Crippen LogP) is 3.42. The zero-order valence-electron chi connectivity index (χ0n) is 12.8. The van der Waals surface area contributed by atoms with Crippen molar-refractivity contribution in [2.24, 2.45) is 11.7 Å². The van der Waals surface area contributed by atoms with Crippen LogP contribution in [0.5, 0.6) is 0 Å². The quantitative estimate of drug-likeness (QED) is 0.902. The largest absolute Gasteiger partial charge is 0.328 e. The summed E-state index contributed by atoms with van der Waals surface area (Å²) in [5, 5.41) is 0. The summed E-state index contributed by atoms with van der Waals surface area (Å²) in [6.07, 6.45) is 2.56. The van der Waals surface area contributed by atoms with Crippen LogP contribution in [-0.2, 0) is 0 Å². The summed E-state index contributed by atoms with van der Waals surface area (Å²) >= 11 is 0. The van der Waals surface area contributed by atoms with E-state index in [0.717, 1.165) is 6.54 Å². The van der Waals surface area contributed by atoms with Crippen molar-refractivity contribution in [3.05, 3.63) is 34.9 Å². The van der Waals surface area contributed by atoms with Gasteiger partial charge in [0, 0.05) is 18.6 Å². The second kappa shape index (κ2) is 6.06. The predicted molar refractivity (Wildman–Crippen MR) is 82.3 cm³/mol. The van der Waals surface area contributed by atoms with Crippen LogP contribution in [0.1, 0.15) is 49.4 Å². The van der Waals surface area contributed by atoms with Gasteiger partial charge in [-0.05, 0) is 64.1 Å². The molecule has 1 aromatic rings. The number of rotatable bonds is 3. The number of likely N-dealkylation sites (tertiary alicyclic amines) is 1. The monoisotopic (exact) mass is 260 g/mol. The Kier molecular flexibility index (Phi) is 4.64. The zero-order valence-corrected chi connectivity index (χ0v) is 12.8. The second-order valence-electron chi connectivity index (χ2n) is 6.29. The van der Waals surface area contributed by atoms with Crippen LogP contribution in [-0.4, -0.2) is 24.0 Å². The number of nitrogens with zero attached hydrogens (tertiary/aromatic N) is 1. The summed E-state index contributed by atoms with van der Waals surface area (Å²) in [5.41, 5.74) is 10.3. The molecule has 2 rings (SSSR count). The highest BCUT2D eigenvalue weighted by molar-refractivity contribution is 5.32. The molecule has 106 valence electrons. The molecule has 1 aromatic carbocycles. The minimum absolute atomic E-state index is 0.314. The molecule has 3 unspecified atom stereocenters. The highest BCUT2D eigenvalue weighted by Gasteiger charge is 2.26. The van der Waals surface area contributed by atoms with Gasteiger partial charge in [0.05, 0.1) is 0 Å². The van der Waals surface area contributed by atoms with E-state index in [2.05, 4.69) is 50.8 Å². The zero-order chi connectivity index (χ0) is 14.0. The van der Waals surface area contributed by atoms with E-state index >= 15 is 0 Å². The average Bonchev–Trinajstić information content (AvgIpc) is 2.38. The lowest BCUT2D eigenvalue weighted by Crippen LogP contribution is -2.43. The van der Waals surface area contributed by atoms with E-state index in [1.807, 2.05) is 0 Å². The van der Waals surface area contributed by atoms with Crippen LogP contribution in [0.15, 0.2) is 18.2 Å². The maximum atomic E-state index is 6.09. The van der Waals surface area contributed by atoms with Gasteiger partial charge in [0.15, 0.2) is 0 Å². The van der Waals surface area contributed by atoms with E-state index in [4.69, 9.17) is 5.73 Å². The summed E-state index contributed by atoms with van der Waals surface area (Å²) in [6, 6.07) is 7.63. The molecule has 0 bridgehead atoms. The maximum absolute atomic E-state index is 6.09. The number of aryl methyl sites for hydroxylation is 2. The molecule has 2 heteroatoms. The molecule has 1 aliphatic heterocycles. The molecular formula is C17H28N2. The molecule has 0 saturated carbocycles. The fourth-order valence-electron chi connectivity index (χ4n) is 3.31. The highest BCUT2D eigenvalue weighted by atomic mass is 15.2. The normalized spacial score (nSPS) is 24.2. The SMILES string of the molecule is Cc1ccc(C(C)N2CCCC(C(C)N)C2)c(C)c1. The Balaban J connectivity index is 2.12. The van der Waals surface area contributed by atoms with Crippen LogP contribution in [0.3, 0.4) is 0 Å². The first kappa shape index (κ1) is 14.5. The van der Waals surface area contributed by atoms with Crippen LogP contribution in [0.2, 0.25) is 0 Å². The standard InChI is InChI=1S/C17H28N2/c1-12-7-8-17(13(2)10-12)15(4)19-9-5-6-16(11-19)14(3)18/h7-8,10,14-16H,5-6,9,11,18H2,1-4H3. The van der Waals surface area contributed by atoms with E-state index in [0.29, 0.717) is 18.0 Å². The van der Waals surface area contributed by atoms with E-state index < -0.39 is 0 Å². The summed E-state index contributed by atoms with van der Waals surface area (Å²) in [5.74, 6) is 0.655. The third kappa shape index (κ3) is 3.37. The van der Waals surface area contributed by atoms with Gasteiger partial charge in [0.1, 0.15) is 0 Å². The van der Waals surface area contributed by atoms with E-state index in [-0.39, 0.29) is 0 Å². The van der Waals surface area contributed by atoms with Crippen molar-refractivity contribution in [1.29, 1.82) is 0 Å². The van der Waals surface area contributed by atoms with Crippen molar-refractivity contribution < 1.29 is 0 Å². The maximum Gasteiger partial charge on any atom is 0.0322 e. The van der Waals surface area contributed by atoms with Crippen LogP contribution >= 0.6 is 0 Å². The molecule has 1 saturated heterocycles. The van der Waals surface area contributed by atoms with Crippen molar-refractivity contribution >= 4 is 0 Å². The highest BCUT2D eigenvalue weighted by Crippen LogP contribution is 2.29. The molecule has 19 heavy (non-hydrogen) atoms. The first-order valence-corrected chi connectivity index (χ1v) is 7.56. The van der Waals surface area contributed by atoms with Gasteiger partial charge in [-0.1, -0.05) is 23.8 Å². The van der Waals surface area contributed by atoms with Crippen molar-refractivity contribution in [3.8, 4) is 0 Å². The molecule has 0 aromatic heterocycles. The van der Waals surface area contributed by atoms with Gasteiger partial charge in [-0.25, -0.2) is 0 Å². The summed E-state index contributed by atoms with van der Waals surface area (Å²) < 4.78 is 0. The van der Waals surface area contributed by atoms with Gasteiger partial charge >= 0.3 is 0 Å². The summed E-state index contributed by atoms with van der Waals surface area (Å²) in [6.45, 7) is 11.2. The molecule has 0 amide bonds. The molecule has 1 aliphatic rings. The Morgan fingerprint density at radius 2 is 2.00 bits per heavy atom. The van der Waals surface area contributed by atoms with E-state index in [9.17, 15) is 0 Å². The molecule has 2 nitrogen and oxygen atoms in total. The molecule has 0 aliphatic carbocycles. The third-order valence-corrected chi connectivity index (χ3v) is 4.66. The summed E-state index contributed by atoms with van der Waals surface area (Å²) in [4.78, 5) is 2.61. The van der Waals surface area contributed by atoms with Gasteiger partial charge in [-0.3, -0.25) is 4.90 Å².